The number of fused-ring (bicyclic) bond motifs is 1. The van der Waals surface area contributed by atoms with Crippen molar-refractivity contribution in [1.82, 2.24) is 0 Å². The van der Waals surface area contributed by atoms with Crippen LogP contribution in [0.1, 0.15) is 37.6 Å². The van der Waals surface area contributed by atoms with Gasteiger partial charge in [-0.3, -0.25) is 9.59 Å². The Kier molecular flexibility index (Phi) is 4.53. The molecule has 0 atom stereocenters. The summed E-state index contributed by atoms with van der Waals surface area (Å²) in [6.07, 6.45) is 0. The van der Waals surface area contributed by atoms with Crippen molar-refractivity contribution in [2.45, 2.75) is 13.8 Å². The second kappa shape index (κ2) is 7.16. The number of benzene rings is 3. The van der Waals surface area contributed by atoms with Crippen LogP contribution in [0.15, 0.2) is 77.2 Å². The molecule has 0 fully saturated rings. The number of rotatable bonds is 4. The van der Waals surface area contributed by atoms with Gasteiger partial charge in [-0.1, -0.05) is 48.0 Å². The van der Waals surface area contributed by atoms with Crippen LogP contribution in [-0.2, 0) is 0 Å². The molecule has 0 saturated heterocycles. The number of furan rings is 1. The fourth-order valence-corrected chi connectivity index (χ4v) is 3.15. The predicted octanol–water partition coefficient (Wildman–Crippen LogP) is 5.53. The summed E-state index contributed by atoms with van der Waals surface area (Å²) in [5.74, 6) is -0.0223. The van der Waals surface area contributed by atoms with Crippen LogP contribution in [0.5, 0.6) is 0 Å². The summed E-state index contributed by atoms with van der Waals surface area (Å²) in [6.45, 7) is 3.84. The monoisotopic (exact) mass is 369 g/mol. The van der Waals surface area contributed by atoms with Crippen LogP contribution in [0.2, 0.25) is 0 Å². The number of carbonyl (C=O) groups is 2. The van der Waals surface area contributed by atoms with Crippen LogP contribution in [0.25, 0.3) is 11.0 Å². The van der Waals surface area contributed by atoms with Crippen LogP contribution in [0, 0.1) is 13.8 Å². The normalized spacial score (nSPS) is 10.8. The maximum Gasteiger partial charge on any atom is 0.255 e. The minimum absolute atomic E-state index is 0.153. The third kappa shape index (κ3) is 3.32. The molecule has 4 rings (SSSR count). The average molecular weight is 369 g/mol. The number of carbonyl (C=O) groups excluding carboxylic acids is 2. The van der Waals surface area contributed by atoms with E-state index in [1.165, 1.54) is 0 Å². The van der Waals surface area contributed by atoms with Crippen molar-refractivity contribution in [2.75, 3.05) is 5.32 Å². The molecule has 0 aliphatic heterocycles. The van der Waals surface area contributed by atoms with Crippen molar-refractivity contribution in [1.29, 1.82) is 0 Å². The highest BCUT2D eigenvalue weighted by Gasteiger charge is 2.19. The van der Waals surface area contributed by atoms with Crippen molar-refractivity contribution in [2.24, 2.45) is 0 Å². The van der Waals surface area contributed by atoms with Crippen molar-refractivity contribution in [3.63, 3.8) is 0 Å². The zero-order valence-electron chi connectivity index (χ0n) is 15.7. The molecule has 28 heavy (non-hydrogen) atoms. The van der Waals surface area contributed by atoms with Crippen LogP contribution < -0.4 is 5.32 Å². The van der Waals surface area contributed by atoms with Crippen molar-refractivity contribution in [3.05, 3.63) is 101 Å². The van der Waals surface area contributed by atoms with Crippen LogP contribution in [0.4, 0.5) is 5.69 Å². The predicted molar refractivity (Wildman–Crippen MR) is 110 cm³/mol. The number of ketones is 1. The first kappa shape index (κ1) is 17.7. The summed E-state index contributed by atoms with van der Waals surface area (Å²) in [4.78, 5) is 25.2. The highest BCUT2D eigenvalue weighted by Crippen LogP contribution is 2.29. The molecule has 1 aromatic heterocycles. The molecule has 3 aromatic carbocycles. The molecule has 0 bridgehead atoms. The van der Waals surface area contributed by atoms with Gasteiger partial charge >= 0.3 is 0 Å². The second-order valence-electron chi connectivity index (χ2n) is 6.78. The Labute approximate surface area is 162 Å². The molecule has 0 aliphatic carbocycles. The fraction of sp³-hybridized carbons (Fsp3) is 0.0833. The highest BCUT2D eigenvalue weighted by molar-refractivity contribution is 6.11. The zero-order chi connectivity index (χ0) is 19.7. The molecule has 0 unspecified atom stereocenters. The minimum atomic E-state index is -0.191. The number of nitrogens with one attached hydrogen (secondary N) is 1. The largest absolute Gasteiger partial charge is 0.452 e. The SMILES string of the molecule is Cc1ccc(C(=O)Nc2ccc3c(C)c(C(=O)c4ccccc4)oc3c2)cc1. The summed E-state index contributed by atoms with van der Waals surface area (Å²) < 4.78 is 5.86. The van der Waals surface area contributed by atoms with Gasteiger partial charge < -0.3 is 9.73 Å². The quantitative estimate of drug-likeness (QED) is 0.481. The molecular weight excluding hydrogens is 350 g/mol. The van der Waals surface area contributed by atoms with E-state index in [1.807, 2.05) is 56.3 Å². The molecule has 0 radical (unpaired) electrons. The van der Waals surface area contributed by atoms with Crippen molar-refractivity contribution in [3.8, 4) is 0 Å². The molecule has 0 aliphatic rings. The summed E-state index contributed by atoms with van der Waals surface area (Å²) in [7, 11) is 0. The number of hydrogen-bond donors (Lipinski definition) is 1. The molecule has 138 valence electrons. The second-order valence-corrected chi connectivity index (χ2v) is 6.78. The molecule has 1 amide bonds. The van der Waals surface area contributed by atoms with E-state index in [1.54, 1.807) is 30.3 Å². The maximum absolute atomic E-state index is 12.7. The van der Waals surface area contributed by atoms with E-state index in [-0.39, 0.29) is 11.7 Å². The van der Waals surface area contributed by atoms with E-state index in [9.17, 15) is 9.59 Å². The van der Waals surface area contributed by atoms with Crippen molar-refractivity contribution >= 4 is 28.3 Å². The molecular formula is C24H19NO3. The lowest BCUT2D eigenvalue weighted by Gasteiger charge is -2.05. The topological polar surface area (TPSA) is 59.3 Å². The lowest BCUT2D eigenvalue weighted by molar-refractivity contribution is 0.101. The molecule has 0 spiro atoms. The molecule has 4 aromatic rings. The maximum atomic E-state index is 12.7. The van der Waals surface area contributed by atoms with E-state index < -0.39 is 0 Å². The van der Waals surface area contributed by atoms with E-state index in [0.717, 1.165) is 16.5 Å². The Hall–Kier alpha value is -3.66. The van der Waals surface area contributed by atoms with Gasteiger partial charge in [0, 0.05) is 33.8 Å². The van der Waals surface area contributed by atoms with Crippen LogP contribution in [-0.4, -0.2) is 11.7 Å². The van der Waals surface area contributed by atoms with Gasteiger partial charge in [0.1, 0.15) is 5.58 Å². The van der Waals surface area contributed by atoms with E-state index >= 15 is 0 Å². The van der Waals surface area contributed by atoms with Gasteiger partial charge in [-0.15, -0.1) is 0 Å². The number of aryl methyl sites for hydroxylation is 2. The highest BCUT2D eigenvalue weighted by atomic mass is 16.3. The van der Waals surface area contributed by atoms with Gasteiger partial charge in [-0.25, -0.2) is 0 Å². The van der Waals surface area contributed by atoms with Gasteiger partial charge in [0.15, 0.2) is 5.76 Å². The lowest BCUT2D eigenvalue weighted by Crippen LogP contribution is -2.11. The zero-order valence-corrected chi connectivity index (χ0v) is 15.7. The third-order valence-electron chi connectivity index (χ3n) is 4.75. The number of amides is 1. The summed E-state index contributed by atoms with van der Waals surface area (Å²) in [5.41, 5.74) is 4.24. The Morgan fingerprint density at radius 2 is 1.54 bits per heavy atom. The molecule has 1 N–H and O–H groups in total. The first-order valence-electron chi connectivity index (χ1n) is 9.04. The van der Waals surface area contributed by atoms with Crippen LogP contribution in [0.3, 0.4) is 0 Å². The first-order valence-corrected chi connectivity index (χ1v) is 9.04. The number of anilines is 1. The fourth-order valence-electron chi connectivity index (χ4n) is 3.15. The van der Waals surface area contributed by atoms with Gasteiger partial charge in [-0.2, -0.15) is 0 Å². The Balaban J connectivity index is 1.63. The first-order chi connectivity index (χ1) is 13.5. The van der Waals surface area contributed by atoms with E-state index in [2.05, 4.69) is 5.32 Å². The van der Waals surface area contributed by atoms with Gasteiger partial charge in [0.2, 0.25) is 5.78 Å². The minimum Gasteiger partial charge on any atom is -0.452 e. The third-order valence-corrected chi connectivity index (χ3v) is 4.75. The summed E-state index contributed by atoms with van der Waals surface area (Å²) in [5, 5.41) is 3.73. The Morgan fingerprint density at radius 3 is 2.25 bits per heavy atom. The molecule has 0 saturated carbocycles. The van der Waals surface area contributed by atoms with Crippen LogP contribution >= 0.6 is 0 Å². The van der Waals surface area contributed by atoms with E-state index in [0.29, 0.717) is 28.2 Å². The van der Waals surface area contributed by atoms with E-state index in [4.69, 9.17) is 4.42 Å². The molecule has 4 heteroatoms. The van der Waals surface area contributed by atoms with Crippen molar-refractivity contribution < 1.29 is 14.0 Å². The molecule has 1 heterocycles. The Bertz CT molecular complexity index is 1170. The van der Waals surface area contributed by atoms with Gasteiger partial charge in [-0.05, 0) is 38.1 Å². The summed E-state index contributed by atoms with van der Waals surface area (Å²) in [6, 6.07) is 21.8. The lowest BCUT2D eigenvalue weighted by atomic mass is 10.0. The average Bonchev–Trinajstić information content (AvgIpc) is 3.04. The Morgan fingerprint density at radius 1 is 0.821 bits per heavy atom. The smallest absolute Gasteiger partial charge is 0.255 e. The standard InChI is InChI=1S/C24H19NO3/c1-15-8-10-18(11-9-15)24(27)25-19-12-13-20-16(2)23(28-21(20)14-19)22(26)17-6-4-3-5-7-17/h3-14H,1-2H3,(H,25,27). The number of hydrogen-bond acceptors (Lipinski definition) is 3. The summed E-state index contributed by atoms with van der Waals surface area (Å²) >= 11 is 0. The van der Waals surface area contributed by atoms with Gasteiger partial charge in [0.05, 0.1) is 0 Å². The molecule has 4 nitrogen and oxygen atoms in total. The van der Waals surface area contributed by atoms with Gasteiger partial charge in [0.25, 0.3) is 5.91 Å².